The van der Waals surface area contributed by atoms with Crippen LogP contribution in [0, 0.1) is 11.8 Å². The zero-order chi connectivity index (χ0) is 20.4. The van der Waals surface area contributed by atoms with Crippen molar-refractivity contribution in [3.63, 3.8) is 0 Å². The van der Waals surface area contributed by atoms with Gasteiger partial charge in [0.05, 0.1) is 11.5 Å². The van der Waals surface area contributed by atoms with Crippen molar-refractivity contribution in [1.82, 2.24) is 4.90 Å². The van der Waals surface area contributed by atoms with Gasteiger partial charge in [-0.25, -0.2) is 4.79 Å². The van der Waals surface area contributed by atoms with Crippen LogP contribution in [0.25, 0.3) is 0 Å². The number of carboxylic acids is 1. The highest BCUT2D eigenvalue weighted by molar-refractivity contribution is 5.73. The second kappa shape index (κ2) is 7.78. The first-order valence-corrected chi connectivity index (χ1v) is 8.73. The summed E-state index contributed by atoms with van der Waals surface area (Å²) in [4.78, 5) is 25.2. The van der Waals surface area contributed by atoms with Gasteiger partial charge in [0.2, 0.25) is 0 Å². The number of carbonyl (C=O) groups excluding carboxylic acids is 1. The van der Waals surface area contributed by atoms with E-state index in [4.69, 9.17) is 4.74 Å². The highest BCUT2D eigenvalue weighted by Crippen LogP contribution is 2.31. The number of likely N-dealkylation sites (tertiary alicyclic amines) is 1. The number of amides is 1. The molecule has 0 aromatic heterocycles. The number of carbonyl (C=O) groups is 2. The van der Waals surface area contributed by atoms with Gasteiger partial charge in [-0.2, -0.15) is 13.2 Å². The number of hydrogen-bond acceptors (Lipinski definition) is 3. The summed E-state index contributed by atoms with van der Waals surface area (Å²) in [6.45, 7) is 5.57. The molecule has 150 valence electrons. The minimum atomic E-state index is -4.40. The third-order valence-electron chi connectivity index (χ3n) is 4.50. The largest absolute Gasteiger partial charge is 0.481 e. The van der Waals surface area contributed by atoms with E-state index in [9.17, 15) is 27.9 Å². The molecule has 0 saturated carbocycles. The van der Waals surface area contributed by atoms with Gasteiger partial charge < -0.3 is 14.7 Å². The summed E-state index contributed by atoms with van der Waals surface area (Å²) in [5.74, 6) is -2.09. The average Bonchev–Trinajstić information content (AvgIpc) is 2.53. The predicted octanol–water partition coefficient (Wildman–Crippen LogP) is 4.21. The third-order valence-corrected chi connectivity index (χ3v) is 4.50. The number of ether oxygens (including phenoxy) is 1. The van der Waals surface area contributed by atoms with Gasteiger partial charge in [0, 0.05) is 13.1 Å². The topological polar surface area (TPSA) is 66.8 Å². The van der Waals surface area contributed by atoms with E-state index in [1.54, 1.807) is 20.8 Å². The molecule has 1 aromatic rings. The Kier molecular flexibility index (Phi) is 6.07. The molecule has 1 heterocycles. The molecule has 0 radical (unpaired) electrons. The molecule has 27 heavy (non-hydrogen) atoms. The van der Waals surface area contributed by atoms with Crippen LogP contribution in [-0.2, 0) is 22.1 Å². The summed E-state index contributed by atoms with van der Waals surface area (Å²) >= 11 is 0. The monoisotopic (exact) mass is 387 g/mol. The Morgan fingerprint density at radius 2 is 1.78 bits per heavy atom. The number of alkyl halides is 3. The van der Waals surface area contributed by atoms with Crippen LogP contribution in [-0.4, -0.2) is 40.8 Å². The van der Waals surface area contributed by atoms with Gasteiger partial charge in [-0.3, -0.25) is 4.79 Å². The molecule has 1 aromatic carbocycles. The number of aliphatic carboxylic acids is 1. The van der Waals surface area contributed by atoms with Crippen LogP contribution in [0.3, 0.4) is 0 Å². The fraction of sp³-hybridized carbons (Fsp3) is 0.579. The van der Waals surface area contributed by atoms with Crippen molar-refractivity contribution in [2.75, 3.05) is 13.1 Å². The zero-order valence-electron chi connectivity index (χ0n) is 15.5. The quantitative estimate of drug-likeness (QED) is 0.844. The Morgan fingerprint density at radius 1 is 1.19 bits per heavy atom. The molecule has 2 atom stereocenters. The van der Waals surface area contributed by atoms with Crippen molar-refractivity contribution < 1.29 is 32.6 Å². The maximum Gasteiger partial charge on any atom is 0.416 e. The standard InChI is InChI=1S/C19H24F3NO4/c1-18(2,3)27-17(26)23-9-8-13(15(11-23)16(24)25)10-12-4-6-14(7-5-12)19(20,21)22/h4-7,13,15H,8-11H2,1-3H3,(H,24,25). The van der Waals surface area contributed by atoms with E-state index in [1.165, 1.54) is 17.0 Å². The van der Waals surface area contributed by atoms with E-state index in [-0.39, 0.29) is 12.5 Å². The first-order chi connectivity index (χ1) is 12.4. The van der Waals surface area contributed by atoms with Crippen molar-refractivity contribution in [2.24, 2.45) is 11.8 Å². The Morgan fingerprint density at radius 3 is 2.26 bits per heavy atom. The van der Waals surface area contributed by atoms with E-state index >= 15 is 0 Å². The molecule has 0 bridgehead atoms. The summed E-state index contributed by atoms with van der Waals surface area (Å²) in [6.07, 6.45) is -4.17. The number of halogens is 3. The van der Waals surface area contributed by atoms with Crippen molar-refractivity contribution >= 4 is 12.1 Å². The summed E-state index contributed by atoms with van der Waals surface area (Å²) < 4.78 is 43.3. The van der Waals surface area contributed by atoms with Gasteiger partial charge in [0.1, 0.15) is 5.60 Å². The smallest absolute Gasteiger partial charge is 0.416 e. The minimum absolute atomic E-state index is 0.0234. The van der Waals surface area contributed by atoms with Crippen molar-refractivity contribution in [1.29, 1.82) is 0 Å². The van der Waals surface area contributed by atoms with E-state index in [0.29, 0.717) is 24.9 Å². The van der Waals surface area contributed by atoms with Gasteiger partial charge in [0.25, 0.3) is 0 Å². The lowest BCUT2D eigenvalue weighted by molar-refractivity contribution is -0.145. The number of benzene rings is 1. The number of nitrogens with zero attached hydrogens (tertiary/aromatic N) is 1. The SMILES string of the molecule is CC(C)(C)OC(=O)N1CCC(Cc2ccc(C(F)(F)F)cc2)C(C(=O)O)C1. The Labute approximate surface area is 156 Å². The third kappa shape index (κ3) is 5.87. The van der Waals surface area contributed by atoms with Gasteiger partial charge in [-0.1, -0.05) is 12.1 Å². The highest BCUT2D eigenvalue weighted by atomic mass is 19.4. The van der Waals surface area contributed by atoms with Crippen LogP contribution < -0.4 is 0 Å². The summed E-state index contributed by atoms with van der Waals surface area (Å²) in [7, 11) is 0. The van der Waals surface area contributed by atoms with Gasteiger partial charge >= 0.3 is 18.2 Å². The molecule has 2 unspecified atom stereocenters. The first kappa shape index (κ1) is 21.1. The normalized spacial score (nSPS) is 21.0. The molecule has 5 nitrogen and oxygen atoms in total. The van der Waals surface area contributed by atoms with Crippen molar-refractivity contribution in [3.8, 4) is 0 Å². The maximum absolute atomic E-state index is 12.7. The lowest BCUT2D eigenvalue weighted by Crippen LogP contribution is -2.48. The second-order valence-electron chi connectivity index (χ2n) is 7.82. The summed E-state index contributed by atoms with van der Waals surface area (Å²) in [6, 6.07) is 4.76. The predicted molar refractivity (Wildman–Crippen MR) is 92.2 cm³/mol. The Balaban J connectivity index is 2.06. The molecule has 1 amide bonds. The lowest BCUT2D eigenvalue weighted by atomic mass is 9.81. The van der Waals surface area contributed by atoms with Crippen LogP contribution in [0.2, 0.25) is 0 Å². The van der Waals surface area contributed by atoms with Crippen molar-refractivity contribution in [2.45, 2.75) is 45.4 Å². The molecular weight excluding hydrogens is 363 g/mol. The zero-order valence-corrected chi connectivity index (χ0v) is 15.5. The number of hydrogen-bond donors (Lipinski definition) is 1. The van der Waals surface area contributed by atoms with E-state index < -0.39 is 35.3 Å². The fourth-order valence-corrected chi connectivity index (χ4v) is 3.15. The number of rotatable bonds is 3. The number of carboxylic acid groups (broad SMARTS) is 1. The minimum Gasteiger partial charge on any atom is -0.481 e. The van der Waals surface area contributed by atoms with Crippen LogP contribution in [0.5, 0.6) is 0 Å². The molecule has 1 N–H and O–H groups in total. The van der Waals surface area contributed by atoms with Crippen molar-refractivity contribution in [3.05, 3.63) is 35.4 Å². The average molecular weight is 387 g/mol. The molecule has 0 aliphatic carbocycles. The van der Waals surface area contributed by atoms with E-state index in [0.717, 1.165) is 12.1 Å². The van der Waals surface area contributed by atoms with Gasteiger partial charge in [-0.05, 0) is 57.2 Å². The first-order valence-electron chi connectivity index (χ1n) is 8.73. The molecule has 2 rings (SSSR count). The summed E-state index contributed by atoms with van der Waals surface area (Å²) in [5.41, 5.74) is -0.766. The Bertz CT molecular complexity index is 680. The molecule has 1 fully saturated rings. The van der Waals surface area contributed by atoms with E-state index in [2.05, 4.69) is 0 Å². The van der Waals surface area contributed by atoms with Crippen LogP contribution in [0.1, 0.15) is 38.3 Å². The molecule has 1 saturated heterocycles. The van der Waals surface area contributed by atoms with Crippen LogP contribution >= 0.6 is 0 Å². The maximum atomic E-state index is 12.7. The van der Waals surface area contributed by atoms with E-state index in [1.807, 2.05) is 0 Å². The molecule has 1 aliphatic heterocycles. The molecular formula is C19H24F3NO4. The Hall–Kier alpha value is -2.25. The van der Waals surface area contributed by atoms with Crippen LogP contribution in [0.4, 0.5) is 18.0 Å². The number of piperidine rings is 1. The highest BCUT2D eigenvalue weighted by Gasteiger charge is 2.37. The summed E-state index contributed by atoms with van der Waals surface area (Å²) in [5, 5.41) is 9.54. The molecule has 1 aliphatic rings. The van der Waals surface area contributed by atoms with Gasteiger partial charge in [-0.15, -0.1) is 0 Å². The lowest BCUT2D eigenvalue weighted by Gasteiger charge is -2.37. The fourth-order valence-electron chi connectivity index (χ4n) is 3.15. The molecule has 0 spiro atoms. The molecule has 8 heteroatoms. The van der Waals surface area contributed by atoms with Gasteiger partial charge in [0.15, 0.2) is 0 Å². The van der Waals surface area contributed by atoms with Crippen LogP contribution in [0.15, 0.2) is 24.3 Å². The second-order valence-corrected chi connectivity index (χ2v) is 7.82.